The fourth-order valence-electron chi connectivity index (χ4n) is 32.4. The summed E-state index contributed by atoms with van der Waals surface area (Å²) in [6, 6.07) is 0. The predicted octanol–water partition coefficient (Wildman–Crippen LogP) is 48.8. The minimum absolute atomic E-state index is 0. The highest BCUT2D eigenvalue weighted by atomic mass is 14.4. The van der Waals surface area contributed by atoms with Crippen molar-refractivity contribution in [2.45, 2.75) is 602 Å². The van der Waals surface area contributed by atoms with Crippen molar-refractivity contribution >= 4 is 0 Å². The summed E-state index contributed by atoms with van der Waals surface area (Å²) in [4.78, 5) is 0. The molecule has 0 unspecified atom stereocenters. The Kier molecular flexibility index (Phi) is 65.0. The molecule has 0 aromatic rings. The first-order chi connectivity index (χ1) is 66.3. The molecule has 14 saturated carbocycles. The maximum absolute atomic E-state index is 3.87. The average Bonchev–Trinajstić information content (AvgIpc) is 0.878. The molecule has 0 aromatic heterocycles. The minimum Gasteiger partial charge on any atom is -0.103 e. The van der Waals surface area contributed by atoms with E-state index in [1.54, 1.807) is 141 Å². The van der Waals surface area contributed by atoms with Gasteiger partial charge in [0.2, 0.25) is 0 Å². The van der Waals surface area contributed by atoms with Crippen molar-refractivity contribution in [2.75, 3.05) is 0 Å². The molecule has 14 aliphatic rings. The van der Waals surface area contributed by atoms with Gasteiger partial charge >= 0.3 is 0 Å². The lowest BCUT2D eigenvalue weighted by atomic mass is 9.68. The van der Waals surface area contributed by atoms with Gasteiger partial charge in [0.1, 0.15) is 0 Å². The van der Waals surface area contributed by atoms with E-state index >= 15 is 0 Å². The maximum Gasteiger partial charge on any atom is 0 e. The summed E-state index contributed by atoms with van der Waals surface area (Å²) < 4.78 is 0. The molecule has 0 radical (unpaired) electrons. The van der Waals surface area contributed by atoms with Crippen LogP contribution < -0.4 is 0 Å². The van der Waals surface area contributed by atoms with Crippen LogP contribution in [0.3, 0.4) is 0 Å². The van der Waals surface area contributed by atoms with E-state index in [-0.39, 0.29) is 20.0 Å². The molecule has 0 spiro atoms. The van der Waals surface area contributed by atoms with E-state index in [1.165, 1.54) is 392 Å². The van der Waals surface area contributed by atoms with E-state index in [0.717, 1.165) is 166 Å². The molecule has 14 aliphatic carbocycles. The van der Waals surface area contributed by atoms with Crippen molar-refractivity contribution < 1.29 is 20.0 Å². The summed E-state index contributed by atoms with van der Waals surface area (Å²) in [5, 5.41) is 0. The van der Waals surface area contributed by atoms with E-state index in [1.807, 2.05) is 0 Å². The number of hydrogen-bond acceptors (Lipinski definition) is 0. The molecule has 810 valence electrons. The molecule has 135 heavy (non-hydrogen) atoms. The lowest BCUT2D eigenvalue weighted by Gasteiger charge is -2.38. The first-order valence-corrected chi connectivity index (χ1v) is 63.6. The first-order valence-electron chi connectivity index (χ1n) is 63.6. The molecule has 0 heteroatoms. The zero-order valence-corrected chi connectivity index (χ0v) is 93.5. The number of unbranched alkanes of at least 4 members (excludes halogenated alkanes) is 6. The Morgan fingerprint density at radius 1 is 0.163 bits per heavy atom. The van der Waals surface area contributed by atoms with Gasteiger partial charge in [-0.15, -0.1) is 26.3 Å². The second-order valence-electron chi connectivity index (χ2n) is 50.9. The van der Waals surface area contributed by atoms with Gasteiger partial charge in [0.25, 0.3) is 0 Å². The highest BCUT2D eigenvalue weighted by Gasteiger charge is 2.39. The topological polar surface area (TPSA) is 0 Å². The Balaban J connectivity index is -0.000000311. The molecule has 0 aromatic carbocycles. The van der Waals surface area contributed by atoms with E-state index in [2.05, 4.69) is 156 Å². The largest absolute Gasteiger partial charge is 0.103 e. The summed E-state index contributed by atoms with van der Waals surface area (Å²) >= 11 is 0. The summed E-state index contributed by atoms with van der Waals surface area (Å²) in [6.45, 7) is 38.3. The molecule has 14 rings (SSSR count). The zero-order valence-electron chi connectivity index (χ0n) is 93.5. The van der Waals surface area contributed by atoms with Crippen LogP contribution in [0.25, 0.3) is 0 Å². The van der Waals surface area contributed by atoms with E-state index in [9.17, 15) is 0 Å². The minimum atomic E-state index is 0. The van der Waals surface area contributed by atoms with Crippen LogP contribution in [-0.2, 0) is 0 Å². The molecule has 14 fully saturated rings. The van der Waals surface area contributed by atoms with Crippen LogP contribution in [0.5, 0.6) is 0 Å². The number of hydrogen-bond donors (Lipinski definition) is 0. The van der Waals surface area contributed by atoms with Crippen LogP contribution in [0.2, 0.25) is 0 Å². The monoisotopic (exact) mass is 1890 g/mol. The van der Waals surface area contributed by atoms with Crippen molar-refractivity contribution in [3.63, 3.8) is 0 Å². The Hall–Kier alpha value is -1.82. The predicted molar refractivity (Wildman–Crippen MR) is 635 cm³/mol. The van der Waals surface area contributed by atoms with Crippen molar-refractivity contribution in [2.24, 2.45) is 166 Å². The Bertz CT molecular complexity index is 2880. The maximum atomic E-state index is 3.87. The van der Waals surface area contributed by atoms with Gasteiger partial charge in [0.15, 0.2) is 0 Å². The molecule has 0 heterocycles. The summed E-state index contributed by atoms with van der Waals surface area (Å²) in [6.07, 6.45) is 146. The van der Waals surface area contributed by atoms with Crippen molar-refractivity contribution in [3.8, 4) is 0 Å². The third-order valence-corrected chi connectivity index (χ3v) is 41.8. The van der Waals surface area contributed by atoms with Gasteiger partial charge in [0.05, 0.1) is 0 Å². The average molecular weight is 1890 g/mol. The standard InChI is InChI=1S/C21H38.2C20H36.2C19H34.2C18H32.14H2/c1-3-5-7-9-19-12-16-21(17-13-19)20-14-10-18(11-15-20)8-6-4-2;1-3-5-6-8-18-11-15-20(16-12-18)19-13-9-17(7-4-2)10-14-19;1-3-5-7-17-9-13-19(14-10-17)20-15-11-18(12-16-20)8-6-4-2;2*1-3-5-7-17-10-14-19(15-11-17)18-12-8-16(6-4-2)9-13-18;1-3-5-6-16-9-13-18(14-10-16)17-11-7-15(4-2)8-12-17;1-3-5-15-7-11-17(12-8-15)18-13-9-16(6-4-2)10-14-18;;;;;;;;;;;;;;/h4,18-21H,2-3,5-17H2,1H3;4,7,17-20H,3,5-6,8-16H2,1-2H3;3,17-20H,1,4-16H2,2H3;4,6,16-19H,3,5,7-15H2,1-2H3;3,16-19H,1,4-15H2,2H3;3,15-18H,1,4-14H2,2H3;3,5,15-18H,4,6-14H2,1-2H3;14*1H/b;7-4+;;6-4+;;;5-3+;;;;;;;;;;;;;;. The van der Waals surface area contributed by atoms with Gasteiger partial charge in [0, 0.05) is 20.0 Å². The van der Waals surface area contributed by atoms with Gasteiger partial charge in [-0.05, 0) is 456 Å². The van der Waals surface area contributed by atoms with Gasteiger partial charge in [-0.2, -0.15) is 0 Å². The summed E-state index contributed by atoms with van der Waals surface area (Å²) in [7, 11) is 0. The molecule has 0 atom stereocenters. The van der Waals surface area contributed by atoms with E-state index in [4.69, 9.17) is 0 Å². The molecule has 0 N–H and O–H groups in total. The third kappa shape index (κ3) is 47.5. The van der Waals surface area contributed by atoms with Gasteiger partial charge in [-0.25, -0.2) is 0 Å². The Morgan fingerprint density at radius 2 is 0.311 bits per heavy atom. The Labute approximate surface area is 870 Å². The molecular formula is C135H270. The van der Waals surface area contributed by atoms with E-state index in [0.29, 0.717) is 0 Å². The van der Waals surface area contributed by atoms with Crippen LogP contribution in [0.4, 0.5) is 0 Å². The van der Waals surface area contributed by atoms with Crippen molar-refractivity contribution in [1.82, 2.24) is 0 Å². The first kappa shape index (κ1) is 118. The third-order valence-electron chi connectivity index (χ3n) is 41.8. The Morgan fingerprint density at radius 3 is 0.459 bits per heavy atom. The van der Waals surface area contributed by atoms with Crippen molar-refractivity contribution in [1.29, 1.82) is 0 Å². The van der Waals surface area contributed by atoms with Crippen LogP contribution in [-0.4, -0.2) is 0 Å². The second-order valence-corrected chi connectivity index (χ2v) is 50.9. The molecule has 0 bridgehead atoms. The number of rotatable bonds is 41. The molecule has 0 saturated heterocycles. The fourth-order valence-corrected chi connectivity index (χ4v) is 32.4. The molecule has 0 nitrogen and oxygen atoms in total. The normalized spacial score (nSPS) is 36.0. The van der Waals surface area contributed by atoms with Crippen LogP contribution in [0.15, 0.2) is 87.1 Å². The smallest absolute Gasteiger partial charge is 0 e. The molecular weight excluding hydrogens is 1620 g/mol. The second kappa shape index (κ2) is 74.1. The quantitative estimate of drug-likeness (QED) is 0.0423. The van der Waals surface area contributed by atoms with Crippen molar-refractivity contribution in [3.05, 3.63) is 87.1 Å². The van der Waals surface area contributed by atoms with Crippen LogP contribution >= 0.6 is 0 Å². The van der Waals surface area contributed by atoms with Crippen LogP contribution in [0.1, 0.15) is 622 Å². The van der Waals surface area contributed by atoms with Gasteiger partial charge in [-0.1, -0.05) is 372 Å². The fraction of sp³-hybridized carbons (Fsp3) is 0.896. The highest BCUT2D eigenvalue weighted by Crippen LogP contribution is 2.51. The number of allylic oxidation sites excluding steroid dienone is 10. The van der Waals surface area contributed by atoms with Gasteiger partial charge < -0.3 is 0 Å². The lowest BCUT2D eigenvalue weighted by Crippen LogP contribution is -2.25. The summed E-state index contributed by atoms with van der Waals surface area (Å²) in [5.41, 5.74) is 0. The van der Waals surface area contributed by atoms with Crippen LogP contribution in [0, 0.1) is 166 Å². The SMILES string of the molecule is C/C=C/C1CCC(C2CCC(CCC)CC2)CC1.C/C=C/C1CCC(C2CCC(CCCC)CC2)CC1.C/C=C/C1CCC(C2CCC(CCCCC)CC2)CC1.C=CCCC1CCC(C2CCC(CC)CC2)CC1.C=CCCC1CCC(C2CCC(CCC)CC2)CC1.C=CCCC1CCC(C2CCC(CCCC)CC2)CC1.C=CCCC1CCC(C2CCC(CCCCC)CC2)CC1.[HH].[HH].[HH].[HH].[HH].[HH].[HH].[HH].[HH].[HH].[HH].[HH].[HH].[HH]. The molecule has 0 amide bonds. The lowest BCUT2D eigenvalue weighted by molar-refractivity contribution is 0.140. The highest BCUT2D eigenvalue weighted by molar-refractivity contribution is 4.96. The van der Waals surface area contributed by atoms with Gasteiger partial charge in [-0.3, -0.25) is 0 Å². The zero-order chi connectivity index (χ0) is 95.9. The summed E-state index contributed by atoms with van der Waals surface area (Å²) in [5.74, 6) is 29.5. The van der Waals surface area contributed by atoms with E-state index < -0.39 is 0 Å². The molecule has 0 aliphatic heterocycles.